The first-order valence-corrected chi connectivity index (χ1v) is 9.87. The van der Waals surface area contributed by atoms with Crippen LogP contribution in [0.2, 0.25) is 0 Å². The van der Waals surface area contributed by atoms with Crippen LogP contribution in [0.25, 0.3) is 0 Å². The fourth-order valence-electron chi connectivity index (χ4n) is 2.93. The minimum absolute atomic E-state index is 0.112. The molecule has 1 aliphatic heterocycles. The standard InChI is InChI=1S/C20H29N3O8/c1-13(24)29-14-10-17(19(25)27-4)31-18(11-14)30-16-6-5-7-22-15(16)12-28-20(26)23(3)9-8-21-2/h5-7,14,17-18,21H,8-12H2,1-4H3. The minimum Gasteiger partial charge on any atom is -0.467 e. The van der Waals surface area contributed by atoms with Crippen LogP contribution < -0.4 is 10.1 Å². The number of ether oxygens (including phenoxy) is 5. The van der Waals surface area contributed by atoms with Gasteiger partial charge >= 0.3 is 18.0 Å². The van der Waals surface area contributed by atoms with Gasteiger partial charge in [0.2, 0.25) is 6.29 Å². The van der Waals surface area contributed by atoms with E-state index in [9.17, 15) is 14.4 Å². The summed E-state index contributed by atoms with van der Waals surface area (Å²) in [5.41, 5.74) is 0.380. The van der Waals surface area contributed by atoms with E-state index in [1.54, 1.807) is 32.4 Å². The summed E-state index contributed by atoms with van der Waals surface area (Å²) in [6.45, 7) is 2.30. The largest absolute Gasteiger partial charge is 0.467 e. The van der Waals surface area contributed by atoms with Crippen molar-refractivity contribution in [3.63, 3.8) is 0 Å². The molecule has 172 valence electrons. The molecule has 0 spiro atoms. The third-order valence-electron chi connectivity index (χ3n) is 4.49. The molecular weight excluding hydrogens is 410 g/mol. The minimum atomic E-state index is -0.938. The number of likely N-dealkylation sites (N-methyl/N-ethyl adjacent to an activating group) is 2. The second kappa shape index (κ2) is 12.1. The fourth-order valence-corrected chi connectivity index (χ4v) is 2.93. The lowest BCUT2D eigenvalue weighted by Crippen LogP contribution is -2.44. The summed E-state index contributed by atoms with van der Waals surface area (Å²) in [4.78, 5) is 41.1. The van der Waals surface area contributed by atoms with E-state index in [1.807, 2.05) is 0 Å². The highest BCUT2D eigenvalue weighted by Crippen LogP contribution is 2.27. The van der Waals surface area contributed by atoms with Gasteiger partial charge in [0.1, 0.15) is 24.2 Å². The molecule has 11 heteroatoms. The molecule has 1 amide bonds. The quantitative estimate of drug-likeness (QED) is 0.437. The van der Waals surface area contributed by atoms with E-state index in [0.717, 1.165) is 0 Å². The molecule has 0 aliphatic carbocycles. The maximum absolute atomic E-state index is 12.1. The SMILES string of the molecule is CNCCN(C)C(=O)OCc1ncccc1OC1CC(OC(C)=O)CC(C(=O)OC)O1. The lowest BCUT2D eigenvalue weighted by molar-refractivity contribution is -0.204. The number of aromatic nitrogens is 1. The second-order valence-electron chi connectivity index (χ2n) is 6.93. The number of esters is 2. The second-order valence-corrected chi connectivity index (χ2v) is 6.93. The summed E-state index contributed by atoms with van der Waals surface area (Å²) >= 11 is 0. The van der Waals surface area contributed by atoms with Crippen molar-refractivity contribution in [2.24, 2.45) is 0 Å². The van der Waals surface area contributed by atoms with E-state index in [4.69, 9.17) is 23.7 Å². The fraction of sp³-hybridized carbons (Fsp3) is 0.600. The van der Waals surface area contributed by atoms with Crippen LogP contribution in [-0.4, -0.2) is 80.7 Å². The molecule has 1 N–H and O–H groups in total. The van der Waals surface area contributed by atoms with E-state index in [2.05, 4.69) is 10.3 Å². The summed E-state index contributed by atoms with van der Waals surface area (Å²) in [7, 11) is 4.67. The molecule has 1 aliphatic rings. The first-order valence-electron chi connectivity index (χ1n) is 9.87. The average Bonchev–Trinajstić information content (AvgIpc) is 2.75. The molecule has 0 saturated carbocycles. The van der Waals surface area contributed by atoms with Crippen molar-refractivity contribution in [3.05, 3.63) is 24.0 Å². The first-order chi connectivity index (χ1) is 14.8. The molecule has 2 heterocycles. The summed E-state index contributed by atoms with van der Waals surface area (Å²) in [6.07, 6.45) is -0.968. The molecule has 1 aromatic heterocycles. The van der Waals surface area contributed by atoms with Crippen molar-refractivity contribution in [2.45, 2.75) is 44.9 Å². The van der Waals surface area contributed by atoms with Crippen LogP contribution in [0.4, 0.5) is 4.79 Å². The molecular formula is C20H29N3O8. The van der Waals surface area contributed by atoms with Gasteiger partial charge in [-0.3, -0.25) is 9.78 Å². The summed E-state index contributed by atoms with van der Waals surface area (Å²) in [5.74, 6) is -0.730. The predicted octanol–water partition coefficient (Wildman–Crippen LogP) is 0.858. The van der Waals surface area contributed by atoms with Gasteiger partial charge in [-0.1, -0.05) is 0 Å². The smallest absolute Gasteiger partial charge is 0.409 e. The highest BCUT2D eigenvalue weighted by molar-refractivity contribution is 5.74. The van der Waals surface area contributed by atoms with Gasteiger partial charge < -0.3 is 33.9 Å². The Morgan fingerprint density at radius 3 is 2.77 bits per heavy atom. The lowest BCUT2D eigenvalue weighted by atomic mass is 10.0. The van der Waals surface area contributed by atoms with Crippen LogP contribution in [0.5, 0.6) is 5.75 Å². The van der Waals surface area contributed by atoms with Crippen molar-refractivity contribution < 1.29 is 38.1 Å². The van der Waals surface area contributed by atoms with Crippen molar-refractivity contribution >= 4 is 18.0 Å². The molecule has 31 heavy (non-hydrogen) atoms. The number of pyridine rings is 1. The Hall–Kier alpha value is -2.92. The predicted molar refractivity (Wildman–Crippen MR) is 107 cm³/mol. The summed E-state index contributed by atoms with van der Waals surface area (Å²) < 4.78 is 26.9. The number of hydrogen-bond donors (Lipinski definition) is 1. The number of rotatable bonds is 9. The van der Waals surface area contributed by atoms with Crippen LogP contribution >= 0.6 is 0 Å². The molecule has 0 aromatic carbocycles. The molecule has 1 aromatic rings. The van der Waals surface area contributed by atoms with Gasteiger partial charge in [0.25, 0.3) is 0 Å². The Morgan fingerprint density at radius 1 is 1.32 bits per heavy atom. The summed E-state index contributed by atoms with van der Waals surface area (Å²) in [5, 5.41) is 2.95. The van der Waals surface area contributed by atoms with Gasteiger partial charge in [-0.05, 0) is 19.2 Å². The number of hydrogen-bond acceptors (Lipinski definition) is 10. The lowest BCUT2D eigenvalue weighted by Gasteiger charge is -2.33. The van der Waals surface area contributed by atoms with E-state index in [1.165, 1.54) is 18.9 Å². The third-order valence-corrected chi connectivity index (χ3v) is 4.49. The average molecular weight is 439 g/mol. The number of carbonyl (C=O) groups is 3. The van der Waals surface area contributed by atoms with Crippen molar-refractivity contribution in [1.82, 2.24) is 15.2 Å². The van der Waals surface area contributed by atoms with Gasteiger partial charge in [0.15, 0.2) is 6.10 Å². The van der Waals surface area contributed by atoms with E-state index < -0.39 is 36.5 Å². The maximum atomic E-state index is 12.1. The Morgan fingerprint density at radius 2 is 2.10 bits per heavy atom. The Balaban J connectivity index is 2.04. The maximum Gasteiger partial charge on any atom is 0.409 e. The van der Waals surface area contributed by atoms with Gasteiger partial charge in [-0.25, -0.2) is 9.59 Å². The normalized spacial score (nSPS) is 20.5. The Kier molecular flexibility index (Phi) is 9.47. The number of nitrogens with zero attached hydrogens (tertiary/aromatic N) is 2. The number of carbonyl (C=O) groups excluding carboxylic acids is 3. The Labute approximate surface area is 180 Å². The van der Waals surface area contributed by atoms with Crippen molar-refractivity contribution in [3.8, 4) is 5.75 Å². The van der Waals surface area contributed by atoms with Crippen LogP contribution in [0.1, 0.15) is 25.5 Å². The zero-order valence-electron chi connectivity index (χ0n) is 18.2. The molecule has 0 radical (unpaired) electrons. The molecule has 0 bridgehead atoms. The molecule has 1 fully saturated rings. The highest BCUT2D eigenvalue weighted by Gasteiger charge is 2.37. The van der Waals surface area contributed by atoms with Gasteiger partial charge in [0, 0.05) is 46.1 Å². The Bertz CT molecular complexity index is 760. The number of amides is 1. The van der Waals surface area contributed by atoms with Gasteiger partial charge in [-0.15, -0.1) is 0 Å². The third kappa shape index (κ3) is 7.68. The van der Waals surface area contributed by atoms with Gasteiger partial charge in [0.05, 0.1) is 7.11 Å². The van der Waals surface area contributed by atoms with Crippen molar-refractivity contribution in [1.29, 1.82) is 0 Å². The zero-order chi connectivity index (χ0) is 22.8. The topological polar surface area (TPSA) is 126 Å². The van der Waals surface area contributed by atoms with E-state index >= 15 is 0 Å². The molecule has 2 rings (SSSR count). The first kappa shape index (κ1) is 24.4. The number of methoxy groups -OCH3 is 1. The monoisotopic (exact) mass is 439 g/mol. The molecule has 3 atom stereocenters. The van der Waals surface area contributed by atoms with E-state index in [-0.39, 0.29) is 19.4 Å². The number of nitrogens with one attached hydrogen (secondary N) is 1. The zero-order valence-corrected chi connectivity index (χ0v) is 18.2. The van der Waals surface area contributed by atoms with Crippen LogP contribution in [-0.2, 0) is 35.1 Å². The molecule has 3 unspecified atom stereocenters. The molecule has 1 saturated heterocycles. The highest BCUT2D eigenvalue weighted by atomic mass is 16.7. The van der Waals surface area contributed by atoms with Gasteiger partial charge in [-0.2, -0.15) is 0 Å². The molecule has 11 nitrogen and oxygen atoms in total. The van der Waals surface area contributed by atoms with Crippen LogP contribution in [0, 0.1) is 0 Å². The van der Waals surface area contributed by atoms with E-state index in [0.29, 0.717) is 24.5 Å². The van der Waals surface area contributed by atoms with Crippen LogP contribution in [0.3, 0.4) is 0 Å². The van der Waals surface area contributed by atoms with Crippen LogP contribution in [0.15, 0.2) is 18.3 Å². The summed E-state index contributed by atoms with van der Waals surface area (Å²) in [6, 6.07) is 3.30. The van der Waals surface area contributed by atoms with Crippen molar-refractivity contribution in [2.75, 3.05) is 34.3 Å².